The van der Waals surface area contributed by atoms with Crippen molar-refractivity contribution in [1.82, 2.24) is 0 Å². The molecule has 1 aliphatic rings. The van der Waals surface area contributed by atoms with E-state index in [1.807, 2.05) is 13.8 Å². The minimum absolute atomic E-state index is 0.0880. The molecule has 4 nitrogen and oxygen atoms in total. The Labute approximate surface area is 124 Å². The third-order valence-electron chi connectivity index (χ3n) is 3.87. The van der Waals surface area contributed by atoms with Gasteiger partial charge < -0.3 is 14.2 Å². The van der Waals surface area contributed by atoms with Gasteiger partial charge >= 0.3 is 5.97 Å². The topological polar surface area (TPSA) is 44.8 Å². The van der Waals surface area contributed by atoms with Crippen molar-refractivity contribution in [2.45, 2.75) is 72.0 Å². The van der Waals surface area contributed by atoms with Gasteiger partial charge in [0.25, 0.3) is 0 Å². The standard InChI is InChI=1S/C10H20O2.C6H12O2/c1-9(2)5-7-10(11-3,12-4)8-6-9;1-3-5-6(7)8-4-2/h5-8H2,1-4H3;3-5H2,1-2H3. The fraction of sp³-hybridized carbons (Fsp3) is 0.938. The van der Waals surface area contributed by atoms with Crippen molar-refractivity contribution in [2.75, 3.05) is 20.8 Å². The van der Waals surface area contributed by atoms with Crippen molar-refractivity contribution in [3.8, 4) is 0 Å². The first-order valence-electron chi connectivity index (χ1n) is 7.60. The van der Waals surface area contributed by atoms with E-state index in [1.165, 1.54) is 12.8 Å². The first kappa shape index (κ1) is 19.4. The molecular weight excluding hydrogens is 256 g/mol. The fourth-order valence-electron chi connectivity index (χ4n) is 2.24. The second kappa shape index (κ2) is 9.35. The zero-order valence-electron chi connectivity index (χ0n) is 14.1. The van der Waals surface area contributed by atoms with Crippen LogP contribution in [0.3, 0.4) is 0 Å². The zero-order valence-corrected chi connectivity index (χ0v) is 14.1. The van der Waals surface area contributed by atoms with Crippen LogP contribution >= 0.6 is 0 Å². The van der Waals surface area contributed by atoms with Crippen LogP contribution in [0.1, 0.15) is 66.2 Å². The Balaban J connectivity index is 0.000000396. The Morgan fingerprint density at radius 3 is 1.85 bits per heavy atom. The van der Waals surface area contributed by atoms with Crippen molar-refractivity contribution in [2.24, 2.45) is 5.41 Å². The average molecular weight is 288 g/mol. The van der Waals surface area contributed by atoms with E-state index in [9.17, 15) is 4.79 Å². The molecule has 1 saturated carbocycles. The number of rotatable bonds is 5. The van der Waals surface area contributed by atoms with Gasteiger partial charge in [-0.1, -0.05) is 20.8 Å². The smallest absolute Gasteiger partial charge is 0.305 e. The van der Waals surface area contributed by atoms with Gasteiger partial charge in [-0.05, 0) is 31.6 Å². The maximum Gasteiger partial charge on any atom is 0.305 e. The quantitative estimate of drug-likeness (QED) is 0.568. The van der Waals surface area contributed by atoms with Gasteiger partial charge in [-0.3, -0.25) is 4.79 Å². The normalized spacial score (nSPS) is 19.7. The van der Waals surface area contributed by atoms with Gasteiger partial charge in [-0.25, -0.2) is 0 Å². The monoisotopic (exact) mass is 288 g/mol. The zero-order chi connectivity index (χ0) is 15.6. The minimum Gasteiger partial charge on any atom is -0.466 e. The summed E-state index contributed by atoms with van der Waals surface area (Å²) < 4.78 is 15.4. The molecule has 0 atom stereocenters. The third-order valence-corrected chi connectivity index (χ3v) is 3.87. The Hall–Kier alpha value is -0.610. The predicted molar refractivity (Wildman–Crippen MR) is 80.5 cm³/mol. The van der Waals surface area contributed by atoms with Crippen molar-refractivity contribution < 1.29 is 19.0 Å². The van der Waals surface area contributed by atoms with Crippen LogP contribution in [-0.4, -0.2) is 32.6 Å². The number of hydrogen-bond donors (Lipinski definition) is 0. The first-order chi connectivity index (χ1) is 9.34. The lowest BCUT2D eigenvalue weighted by atomic mass is 9.75. The molecule has 1 fully saturated rings. The molecule has 0 heterocycles. The Morgan fingerprint density at radius 2 is 1.50 bits per heavy atom. The van der Waals surface area contributed by atoms with Crippen LogP contribution in [0.5, 0.6) is 0 Å². The Morgan fingerprint density at radius 1 is 1.00 bits per heavy atom. The molecule has 0 saturated heterocycles. The SMILES string of the molecule is CCCC(=O)OCC.COC1(OC)CCC(C)(C)CC1. The minimum atomic E-state index is -0.282. The van der Waals surface area contributed by atoms with E-state index in [-0.39, 0.29) is 11.8 Å². The number of carbonyl (C=O) groups excluding carboxylic acids is 1. The maximum absolute atomic E-state index is 10.4. The van der Waals surface area contributed by atoms with Crippen LogP contribution in [0.25, 0.3) is 0 Å². The first-order valence-corrected chi connectivity index (χ1v) is 7.60. The van der Waals surface area contributed by atoms with E-state index >= 15 is 0 Å². The Bertz CT molecular complexity index is 250. The molecule has 0 aromatic carbocycles. The summed E-state index contributed by atoms with van der Waals surface area (Å²) >= 11 is 0. The third kappa shape index (κ3) is 7.25. The molecule has 1 rings (SSSR count). The lowest BCUT2D eigenvalue weighted by Crippen LogP contribution is -2.40. The van der Waals surface area contributed by atoms with E-state index in [0.29, 0.717) is 18.4 Å². The summed E-state index contributed by atoms with van der Waals surface area (Å²) in [6.07, 6.45) is 5.84. The summed E-state index contributed by atoms with van der Waals surface area (Å²) in [5, 5.41) is 0. The lowest BCUT2D eigenvalue weighted by molar-refractivity contribution is -0.232. The molecule has 0 amide bonds. The van der Waals surface area contributed by atoms with Crippen molar-refractivity contribution in [1.29, 1.82) is 0 Å². The highest BCUT2D eigenvalue weighted by atomic mass is 16.7. The highest BCUT2D eigenvalue weighted by Gasteiger charge is 2.38. The molecule has 0 bridgehead atoms. The van der Waals surface area contributed by atoms with Gasteiger partial charge in [0.05, 0.1) is 6.61 Å². The molecular formula is C16H32O4. The number of hydrogen-bond acceptors (Lipinski definition) is 4. The van der Waals surface area contributed by atoms with E-state index in [1.54, 1.807) is 14.2 Å². The lowest BCUT2D eigenvalue weighted by Gasteiger charge is -2.41. The van der Waals surface area contributed by atoms with E-state index in [2.05, 4.69) is 18.6 Å². The largest absolute Gasteiger partial charge is 0.466 e. The van der Waals surface area contributed by atoms with Crippen molar-refractivity contribution in [3.63, 3.8) is 0 Å². The second-order valence-electron chi connectivity index (χ2n) is 6.04. The predicted octanol–water partition coefficient (Wildman–Crippen LogP) is 3.93. The molecule has 20 heavy (non-hydrogen) atoms. The summed E-state index contributed by atoms with van der Waals surface area (Å²) in [7, 11) is 3.48. The average Bonchev–Trinajstić information content (AvgIpc) is 2.41. The molecule has 0 N–H and O–H groups in total. The molecule has 4 heteroatoms. The molecule has 0 aliphatic heterocycles. The molecule has 0 aromatic rings. The highest BCUT2D eigenvalue weighted by molar-refractivity contribution is 5.69. The summed E-state index contributed by atoms with van der Waals surface area (Å²) in [4.78, 5) is 10.4. The van der Waals surface area contributed by atoms with Crippen molar-refractivity contribution in [3.05, 3.63) is 0 Å². The molecule has 120 valence electrons. The summed E-state index contributed by atoms with van der Waals surface area (Å²) in [6.45, 7) is 8.88. The molecule has 0 radical (unpaired) electrons. The fourth-order valence-corrected chi connectivity index (χ4v) is 2.24. The second-order valence-corrected chi connectivity index (χ2v) is 6.04. The van der Waals surface area contributed by atoms with Crippen LogP contribution in [-0.2, 0) is 19.0 Å². The maximum atomic E-state index is 10.4. The van der Waals surface area contributed by atoms with Crippen LogP contribution in [0.15, 0.2) is 0 Å². The van der Waals surface area contributed by atoms with Gasteiger partial charge in [0.15, 0.2) is 5.79 Å². The van der Waals surface area contributed by atoms with Gasteiger partial charge in [-0.2, -0.15) is 0 Å². The van der Waals surface area contributed by atoms with Gasteiger partial charge in [0, 0.05) is 33.5 Å². The van der Waals surface area contributed by atoms with Crippen LogP contribution < -0.4 is 0 Å². The van der Waals surface area contributed by atoms with Gasteiger partial charge in [-0.15, -0.1) is 0 Å². The summed E-state index contributed by atoms with van der Waals surface area (Å²) in [5.41, 5.74) is 0.473. The van der Waals surface area contributed by atoms with E-state index in [4.69, 9.17) is 9.47 Å². The molecule has 0 aromatic heterocycles. The number of esters is 1. The summed E-state index contributed by atoms with van der Waals surface area (Å²) in [5.74, 6) is -0.370. The van der Waals surface area contributed by atoms with Crippen LogP contribution in [0.2, 0.25) is 0 Å². The number of methoxy groups -OCH3 is 2. The Kier molecular flexibility index (Phi) is 9.06. The molecule has 0 unspecified atom stereocenters. The van der Waals surface area contributed by atoms with E-state index < -0.39 is 0 Å². The van der Waals surface area contributed by atoms with Gasteiger partial charge in [0.1, 0.15) is 0 Å². The molecule has 1 aliphatic carbocycles. The van der Waals surface area contributed by atoms with Crippen LogP contribution in [0, 0.1) is 5.41 Å². The van der Waals surface area contributed by atoms with Crippen molar-refractivity contribution >= 4 is 5.97 Å². The van der Waals surface area contributed by atoms with Gasteiger partial charge in [0.2, 0.25) is 0 Å². The molecule has 0 spiro atoms. The number of carbonyl (C=O) groups is 1. The summed E-state index contributed by atoms with van der Waals surface area (Å²) in [6, 6.07) is 0. The highest BCUT2D eigenvalue weighted by Crippen LogP contribution is 2.41. The number of ether oxygens (including phenoxy) is 3. The van der Waals surface area contributed by atoms with E-state index in [0.717, 1.165) is 19.3 Å². The van der Waals surface area contributed by atoms with Crippen LogP contribution in [0.4, 0.5) is 0 Å².